The number of hydrogen-bond acceptors (Lipinski definition) is 2. The van der Waals surface area contributed by atoms with Crippen molar-refractivity contribution < 1.29 is 9.59 Å². The summed E-state index contributed by atoms with van der Waals surface area (Å²) in [5.41, 5.74) is 2.88. The van der Waals surface area contributed by atoms with E-state index < -0.39 is 0 Å². The zero-order valence-corrected chi connectivity index (χ0v) is 13.6. The molecule has 0 bridgehead atoms. The molecule has 3 rings (SSSR count). The first-order valence-electron chi connectivity index (χ1n) is 7.52. The van der Waals surface area contributed by atoms with E-state index in [1.165, 1.54) is 0 Å². The Morgan fingerprint density at radius 3 is 2.74 bits per heavy atom. The molecule has 5 heteroatoms. The highest BCUT2D eigenvalue weighted by atomic mass is 35.5. The van der Waals surface area contributed by atoms with E-state index in [1.54, 1.807) is 29.2 Å². The van der Waals surface area contributed by atoms with Crippen LogP contribution in [0.15, 0.2) is 42.5 Å². The smallest absolute Gasteiger partial charge is 0.255 e. The predicted molar refractivity (Wildman–Crippen MR) is 92.2 cm³/mol. The van der Waals surface area contributed by atoms with Gasteiger partial charge < -0.3 is 10.2 Å². The summed E-state index contributed by atoms with van der Waals surface area (Å²) in [5.74, 6) is -0.119. The maximum atomic E-state index is 12.4. The third-order valence-corrected chi connectivity index (χ3v) is 4.33. The highest BCUT2D eigenvalue weighted by Gasteiger charge is 2.22. The number of amides is 2. The minimum atomic E-state index is -0.224. The molecule has 2 amide bonds. The topological polar surface area (TPSA) is 49.4 Å². The van der Waals surface area contributed by atoms with E-state index in [1.807, 2.05) is 25.1 Å². The second-order valence-electron chi connectivity index (χ2n) is 5.62. The largest absolute Gasteiger partial charge is 0.322 e. The number of nitrogens with zero attached hydrogens (tertiary/aromatic N) is 1. The summed E-state index contributed by atoms with van der Waals surface area (Å²) in [6.45, 7) is 2.61. The molecule has 0 aromatic heterocycles. The Hall–Kier alpha value is -2.33. The standard InChI is InChI=1S/C18H17ClN2O2/c1-12-7-8-14(11-16(12)19)20-18(23)13-4-2-5-15(10-13)21-9-3-6-17(21)22/h2,4-5,7-8,10-11H,3,6,9H2,1H3,(H,20,23). The van der Waals surface area contributed by atoms with Gasteiger partial charge in [-0.15, -0.1) is 0 Å². The van der Waals surface area contributed by atoms with Gasteiger partial charge in [-0.2, -0.15) is 0 Å². The summed E-state index contributed by atoms with van der Waals surface area (Å²) in [7, 11) is 0. The van der Waals surface area contributed by atoms with E-state index in [0.717, 1.165) is 17.7 Å². The number of aryl methyl sites for hydroxylation is 1. The lowest BCUT2D eigenvalue weighted by Crippen LogP contribution is -2.24. The van der Waals surface area contributed by atoms with E-state index in [-0.39, 0.29) is 11.8 Å². The number of benzene rings is 2. The Bertz CT molecular complexity index is 773. The second-order valence-corrected chi connectivity index (χ2v) is 6.02. The number of carbonyl (C=O) groups is 2. The van der Waals surface area contributed by atoms with Crippen LogP contribution in [0, 0.1) is 6.92 Å². The summed E-state index contributed by atoms with van der Waals surface area (Å²) < 4.78 is 0. The molecule has 2 aromatic rings. The third kappa shape index (κ3) is 3.37. The highest BCUT2D eigenvalue weighted by molar-refractivity contribution is 6.31. The number of anilines is 2. The summed E-state index contributed by atoms with van der Waals surface area (Å²) >= 11 is 6.08. The Labute approximate surface area is 140 Å². The van der Waals surface area contributed by atoms with Gasteiger partial charge in [0.05, 0.1) is 0 Å². The van der Waals surface area contributed by atoms with Gasteiger partial charge in [0.25, 0.3) is 5.91 Å². The van der Waals surface area contributed by atoms with Crippen LogP contribution in [0.4, 0.5) is 11.4 Å². The van der Waals surface area contributed by atoms with Crippen LogP contribution in [0.2, 0.25) is 5.02 Å². The molecule has 1 aliphatic heterocycles. The number of hydrogen-bond donors (Lipinski definition) is 1. The minimum absolute atomic E-state index is 0.105. The van der Waals surface area contributed by atoms with Crippen molar-refractivity contribution in [1.29, 1.82) is 0 Å². The molecule has 1 aliphatic rings. The van der Waals surface area contributed by atoms with Gasteiger partial charge in [0.2, 0.25) is 5.91 Å². The van der Waals surface area contributed by atoms with Crippen molar-refractivity contribution >= 4 is 34.8 Å². The van der Waals surface area contributed by atoms with Gasteiger partial charge in [0.15, 0.2) is 0 Å². The zero-order valence-electron chi connectivity index (χ0n) is 12.8. The van der Waals surface area contributed by atoms with Crippen LogP contribution in [-0.2, 0) is 4.79 Å². The molecule has 0 unspecified atom stereocenters. The van der Waals surface area contributed by atoms with Crippen molar-refractivity contribution in [3.8, 4) is 0 Å². The molecule has 0 aliphatic carbocycles. The van der Waals surface area contributed by atoms with E-state index in [4.69, 9.17) is 11.6 Å². The maximum Gasteiger partial charge on any atom is 0.255 e. The van der Waals surface area contributed by atoms with Crippen LogP contribution in [-0.4, -0.2) is 18.4 Å². The van der Waals surface area contributed by atoms with Crippen LogP contribution in [0.3, 0.4) is 0 Å². The average Bonchev–Trinajstić information content (AvgIpc) is 2.97. The van der Waals surface area contributed by atoms with Crippen LogP contribution in [0.1, 0.15) is 28.8 Å². The van der Waals surface area contributed by atoms with E-state index in [0.29, 0.717) is 29.2 Å². The molecule has 4 nitrogen and oxygen atoms in total. The first-order chi connectivity index (χ1) is 11.0. The number of carbonyl (C=O) groups excluding carboxylic acids is 2. The van der Waals surface area contributed by atoms with Gasteiger partial charge in [-0.05, 0) is 49.2 Å². The van der Waals surface area contributed by atoms with Crippen molar-refractivity contribution in [2.45, 2.75) is 19.8 Å². The van der Waals surface area contributed by atoms with Gasteiger partial charge in [-0.1, -0.05) is 23.7 Å². The Morgan fingerprint density at radius 1 is 1.22 bits per heavy atom. The molecule has 1 N–H and O–H groups in total. The molecule has 118 valence electrons. The summed E-state index contributed by atoms with van der Waals surface area (Å²) in [6.07, 6.45) is 1.43. The van der Waals surface area contributed by atoms with Crippen molar-refractivity contribution in [3.63, 3.8) is 0 Å². The summed E-state index contributed by atoms with van der Waals surface area (Å²) in [6, 6.07) is 12.5. The van der Waals surface area contributed by atoms with Crippen LogP contribution < -0.4 is 10.2 Å². The van der Waals surface area contributed by atoms with Gasteiger partial charge in [0.1, 0.15) is 0 Å². The monoisotopic (exact) mass is 328 g/mol. The minimum Gasteiger partial charge on any atom is -0.322 e. The molecule has 0 saturated carbocycles. The van der Waals surface area contributed by atoms with Gasteiger partial charge in [0, 0.05) is 34.9 Å². The lowest BCUT2D eigenvalue weighted by atomic mass is 10.1. The molecule has 23 heavy (non-hydrogen) atoms. The number of nitrogens with one attached hydrogen (secondary N) is 1. The first-order valence-corrected chi connectivity index (χ1v) is 7.90. The van der Waals surface area contributed by atoms with Crippen molar-refractivity contribution in [3.05, 3.63) is 58.6 Å². The SMILES string of the molecule is Cc1ccc(NC(=O)c2cccc(N3CCCC3=O)c2)cc1Cl. The molecule has 1 heterocycles. The Morgan fingerprint density at radius 2 is 2.04 bits per heavy atom. The molecular weight excluding hydrogens is 312 g/mol. The molecule has 0 atom stereocenters. The summed E-state index contributed by atoms with van der Waals surface area (Å²) in [5, 5.41) is 3.44. The molecule has 1 fully saturated rings. The average molecular weight is 329 g/mol. The lowest BCUT2D eigenvalue weighted by Gasteiger charge is -2.16. The normalized spacial score (nSPS) is 14.2. The fraction of sp³-hybridized carbons (Fsp3) is 0.222. The Kier molecular flexibility index (Phi) is 4.35. The lowest BCUT2D eigenvalue weighted by molar-refractivity contribution is -0.117. The second kappa shape index (κ2) is 6.42. The number of halogens is 1. The molecule has 1 saturated heterocycles. The van der Waals surface area contributed by atoms with Gasteiger partial charge in [-0.3, -0.25) is 9.59 Å². The van der Waals surface area contributed by atoms with Crippen LogP contribution >= 0.6 is 11.6 Å². The van der Waals surface area contributed by atoms with Crippen molar-refractivity contribution in [2.75, 3.05) is 16.8 Å². The highest BCUT2D eigenvalue weighted by Crippen LogP contribution is 2.24. The fourth-order valence-electron chi connectivity index (χ4n) is 2.61. The van der Waals surface area contributed by atoms with Gasteiger partial charge in [-0.25, -0.2) is 0 Å². The maximum absolute atomic E-state index is 12.4. The van der Waals surface area contributed by atoms with Crippen molar-refractivity contribution in [2.24, 2.45) is 0 Å². The third-order valence-electron chi connectivity index (χ3n) is 3.92. The quantitative estimate of drug-likeness (QED) is 0.924. The van der Waals surface area contributed by atoms with E-state index in [2.05, 4.69) is 5.32 Å². The van der Waals surface area contributed by atoms with E-state index >= 15 is 0 Å². The van der Waals surface area contributed by atoms with Gasteiger partial charge >= 0.3 is 0 Å². The van der Waals surface area contributed by atoms with Crippen LogP contribution in [0.25, 0.3) is 0 Å². The van der Waals surface area contributed by atoms with Crippen molar-refractivity contribution in [1.82, 2.24) is 0 Å². The molecule has 0 radical (unpaired) electrons. The van der Waals surface area contributed by atoms with Crippen LogP contribution in [0.5, 0.6) is 0 Å². The summed E-state index contributed by atoms with van der Waals surface area (Å²) in [4.78, 5) is 26.0. The number of rotatable bonds is 3. The fourth-order valence-corrected chi connectivity index (χ4v) is 2.79. The first kappa shape index (κ1) is 15.6. The predicted octanol–water partition coefficient (Wildman–Crippen LogP) is 4.03. The molecule has 2 aromatic carbocycles. The Balaban J connectivity index is 1.79. The molecule has 0 spiro atoms. The van der Waals surface area contributed by atoms with E-state index in [9.17, 15) is 9.59 Å². The molecular formula is C18H17ClN2O2. The zero-order chi connectivity index (χ0) is 16.4.